The summed E-state index contributed by atoms with van der Waals surface area (Å²) < 4.78 is 0. The topological polar surface area (TPSA) is 80.3 Å². The molecule has 0 N–H and O–H groups in total. The zero-order valence-electron chi connectivity index (χ0n) is 31.6. The quantitative estimate of drug-likeness (QED) is 0.0461. The van der Waals surface area contributed by atoms with Crippen molar-refractivity contribution in [3.05, 3.63) is 0 Å². The van der Waals surface area contributed by atoms with Gasteiger partial charge in [-0.2, -0.15) is 23.5 Å². The van der Waals surface area contributed by atoms with Gasteiger partial charge in [0.25, 0.3) is 0 Å². The molecular formula is C40H78O4S2Zn. The summed E-state index contributed by atoms with van der Waals surface area (Å²) >= 11 is 2.97. The summed E-state index contributed by atoms with van der Waals surface area (Å²) in [6.45, 7) is 4.55. The van der Waals surface area contributed by atoms with Crippen molar-refractivity contribution in [1.29, 1.82) is 0 Å². The maximum Gasteiger partial charge on any atom is 2.00 e. The van der Waals surface area contributed by atoms with Crippen LogP contribution >= 0.6 is 23.5 Å². The third kappa shape index (κ3) is 55.9. The molecule has 0 rings (SSSR count). The van der Waals surface area contributed by atoms with Gasteiger partial charge in [0.2, 0.25) is 0 Å². The molecule has 0 saturated heterocycles. The Bertz CT molecular complexity index is 545. The van der Waals surface area contributed by atoms with Crippen LogP contribution in [0, 0.1) is 0 Å². The molecule has 0 aromatic heterocycles. The summed E-state index contributed by atoms with van der Waals surface area (Å²) in [5, 5.41) is 20.5. The van der Waals surface area contributed by atoms with Gasteiger partial charge in [0.1, 0.15) is 0 Å². The number of thioether (sulfide) groups is 2. The number of hydrogen-bond acceptors (Lipinski definition) is 6. The van der Waals surface area contributed by atoms with Crippen molar-refractivity contribution >= 4 is 35.5 Å². The van der Waals surface area contributed by atoms with E-state index in [4.69, 9.17) is 0 Å². The molecule has 0 aliphatic heterocycles. The van der Waals surface area contributed by atoms with Crippen molar-refractivity contribution in [1.82, 2.24) is 0 Å². The predicted octanol–water partition coefficient (Wildman–Crippen LogP) is 11.5. The van der Waals surface area contributed by atoms with Crippen LogP contribution < -0.4 is 10.2 Å². The molecule has 0 aromatic carbocycles. The van der Waals surface area contributed by atoms with Gasteiger partial charge >= 0.3 is 19.5 Å². The van der Waals surface area contributed by atoms with Gasteiger partial charge in [0.05, 0.1) is 11.9 Å². The van der Waals surface area contributed by atoms with E-state index in [1.165, 1.54) is 216 Å². The average Bonchev–Trinajstić information content (AvgIpc) is 3.03. The predicted molar refractivity (Wildman–Crippen MR) is 204 cm³/mol. The van der Waals surface area contributed by atoms with Gasteiger partial charge in [-0.1, -0.05) is 206 Å². The van der Waals surface area contributed by atoms with Gasteiger partial charge < -0.3 is 19.8 Å². The number of rotatable bonds is 38. The Morgan fingerprint density at radius 1 is 0.340 bits per heavy atom. The Balaban J connectivity index is -0.000000807. The van der Waals surface area contributed by atoms with Crippen LogP contribution in [-0.4, -0.2) is 35.0 Å². The first kappa shape index (κ1) is 51.6. The largest absolute Gasteiger partial charge is 2.00 e. The summed E-state index contributed by atoms with van der Waals surface area (Å²) in [7, 11) is 0. The zero-order valence-corrected chi connectivity index (χ0v) is 36.2. The fourth-order valence-electron chi connectivity index (χ4n) is 5.82. The second-order valence-corrected chi connectivity index (χ2v) is 15.7. The second kappa shape index (κ2) is 48.4. The number of aliphatic carboxylic acids is 2. The second-order valence-electron chi connectivity index (χ2n) is 13.5. The molecule has 0 radical (unpaired) electrons. The molecule has 0 bridgehead atoms. The molecular weight excluding hydrogens is 674 g/mol. The molecule has 0 fully saturated rings. The Labute approximate surface area is 315 Å². The summed E-state index contributed by atoms with van der Waals surface area (Å²) in [6.07, 6.45) is 44.2. The van der Waals surface area contributed by atoms with Crippen molar-refractivity contribution in [2.24, 2.45) is 0 Å². The first-order valence-corrected chi connectivity index (χ1v) is 22.4. The zero-order chi connectivity index (χ0) is 34.0. The fourth-order valence-corrected chi connectivity index (χ4v) is 7.25. The van der Waals surface area contributed by atoms with E-state index >= 15 is 0 Å². The molecule has 0 spiro atoms. The summed E-state index contributed by atoms with van der Waals surface area (Å²) in [4.78, 5) is 20.5. The molecule has 4 nitrogen and oxygen atoms in total. The van der Waals surface area contributed by atoms with Gasteiger partial charge in [-0.05, 0) is 24.3 Å². The summed E-state index contributed by atoms with van der Waals surface area (Å²) in [5.74, 6) is 0.356. The van der Waals surface area contributed by atoms with Gasteiger partial charge in [-0.3, -0.25) is 0 Å². The molecule has 0 aliphatic carbocycles. The number of carbonyl (C=O) groups is 2. The number of hydrogen-bond donors (Lipinski definition) is 0. The third-order valence-corrected chi connectivity index (χ3v) is 10.8. The van der Waals surface area contributed by atoms with Gasteiger partial charge in [0, 0.05) is 11.5 Å². The van der Waals surface area contributed by atoms with Gasteiger partial charge in [0.15, 0.2) is 0 Å². The van der Waals surface area contributed by atoms with E-state index < -0.39 is 11.9 Å². The fraction of sp³-hybridized carbons (Fsp3) is 0.950. The standard InChI is InChI=1S/2C20H40O2S.Zn/c2*1-2-3-4-5-6-7-8-9-10-11-12-13-14-15-16-17-18-23-19-20(21)22;/h2*2-19H2,1H3,(H,21,22);/q;;+2/p-2. The summed E-state index contributed by atoms with van der Waals surface area (Å²) in [6, 6.07) is 0. The van der Waals surface area contributed by atoms with Gasteiger partial charge in [-0.25, -0.2) is 0 Å². The van der Waals surface area contributed by atoms with E-state index in [1.807, 2.05) is 0 Å². The molecule has 0 aliphatic rings. The van der Waals surface area contributed by atoms with Crippen LogP contribution in [0.25, 0.3) is 0 Å². The average molecular weight is 753 g/mol. The third-order valence-electron chi connectivity index (χ3n) is 8.72. The van der Waals surface area contributed by atoms with Crippen molar-refractivity contribution in [2.75, 3.05) is 23.0 Å². The normalized spacial score (nSPS) is 10.8. The molecule has 0 unspecified atom stereocenters. The monoisotopic (exact) mass is 750 g/mol. The molecule has 0 heterocycles. The van der Waals surface area contributed by atoms with Crippen LogP contribution in [-0.2, 0) is 29.1 Å². The van der Waals surface area contributed by atoms with E-state index in [2.05, 4.69) is 13.8 Å². The molecule has 0 aromatic rings. The molecule has 0 saturated carbocycles. The van der Waals surface area contributed by atoms with Crippen molar-refractivity contribution < 1.29 is 39.3 Å². The van der Waals surface area contributed by atoms with E-state index in [1.54, 1.807) is 0 Å². The number of carboxylic acids is 2. The minimum absolute atomic E-state index is 0. The van der Waals surface area contributed by atoms with E-state index in [9.17, 15) is 19.8 Å². The number of carbonyl (C=O) groups excluding carboxylic acids is 2. The van der Waals surface area contributed by atoms with E-state index in [0.717, 1.165) is 24.3 Å². The van der Waals surface area contributed by atoms with Crippen molar-refractivity contribution in [2.45, 2.75) is 219 Å². The Morgan fingerprint density at radius 2 is 0.511 bits per heavy atom. The Kier molecular flexibility index (Phi) is 53.1. The first-order valence-electron chi connectivity index (χ1n) is 20.1. The van der Waals surface area contributed by atoms with Crippen molar-refractivity contribution in [3.8, 4) is 0 Å². The van der Waals surface area contributed by atoms with Crippen LogP contribution in [0.1, 0.15) is 219 Å². The Hall–Kier alpha value is 0.263. The minimum atomic E-state index is -0.938. The van der Waals surface area contributed by atoms with E-state index in [0.29, 0.717) is 0 Å². The Morgan fingerprint density at radius 3 is 0.681 bits per heavy atom. The SMILES string of the molecule is CCCCCCCCCCCCCCCCCCSCC(=O)[O-].CCCCCCCCCCCCCCCCCCSCC(=O)[O-].[Zn+2]. The maximum absolute atomic E-state index is 10.2. The molecule has 47 heavy (non-hydrogen) atoms. The van der Waals surface area contributed by atoms with Crippen LogP contribution in [0.4, 0.5) is 0 Å². The smallest absolute Gasteiger partial charge is 0.549 e. The first-order chi connectivity index (χ1) is 22.5. The van der Waals surface area contributed by atoms with Crippen LogP contribution in [0.5, 0.6) is 0 Å². The van der Waals surface area contributed by atoms with Crippen LogP contribution in [0.2, 0.25) is 0 Å². The minimum Gasteiger partial charge on any atom is -0.549 e. The van der Waals surface area contributed by atoms with Gasteiger partial charge in [-0.15, -0.1) is 0 Å². The number of carboxylic acid groups (broad SMARTS) is 2. The van der Waals surface area contributed by atoms with Crippen LogP contribution in [0.3, 0.4) is 0 Å². The maximum atomic E-state index is 10.2. The molecule has 0 amide bonds. The van der Waals surface area contributed by atoms with E-state index in [-0.39, 0.29) is 31.0 Å². The van der Waals surface area contributed by atoms with Crippen LogP contribution in [0.15, 0.2) is 0 Å². The molecule has 0 atom stereocenters. The van der Waals surface area contributed by atoms with Crippen molar-refractivity contribution in [3.63, 3.8) is 0 Å². The number of unbranched alkanes of at least 4 members (excludes halogenated alkanes) is 30. The summed E-state index contributed by atoms with van der Waals surface area (Å²) in [5.41, 5.74) is 0. The molecule has 7 heteroatoms. The molecule has 276 valence electrons.